The highest BCUT2D eigenvalue weighted by Gasteiger charge is 2.27. The van der Waals surface area contributed by atoms with Gasteiger partial charge in [-0.25, -0.2) is 0 Å². The number of furan rings is 1. The van der Waals surface area contributed by atoms with Gasteiger partial charge in [-0.15, -0.1) is 0 Å². The standard InChI is InChI=1S/C22H24N6O3/c1-15-5-7-17(8-6-15)20-24-22(31-25-20)16(2)28-11-9-27(10-12-28)14-19-23-21(26-30-19)18-4-3-13-29-18/h3-8,13,16H,9-12,14H2,1-2H3/t16-/m1/s1. The van der Waals surface area contributed by atoms with Gasteiger partial charge in [0.15, 0.2) is 5.76 Å². The molecule has 1 aromatic carbocycles. The highest BCUT2D eigenvalue weighted by molar-refractivity contribution is 5.54. The summed E-state index contributed by atoms with van der Waals surface area (Å²) in [6, 6.07) is 11.8. The Morgan fingerprint density at radius 1 is 0.935 bits per heavy atom. The maximum Gasteiger partial charge on any atom is 0.244 e. The summed E-state index contributed by atoms with van der Waals surface area (Å²) in [5.74, 6) is 2.95. The highest BCUT2D eigenvalue weighted by atomic mass is 16.5. The monoisotopic (exact) mass is 420 g/mol. The second-order valence-electron chi connectivity index (χ2n) is 7.80. The number of hydrogen-bond donors (Lipinski definition) is 0. The predicted octanol–water partition coefficient (Wildman–Crippen LogP) is 3.57. The molecule has 5 rings (SSSR count). The molecule has 1 atom stereocenters. The molecular formula is C22H24N6O3. The first-order valence-corrected chi connectivity index (χ1v) is 10.4. The summed E-state index contributed by atoms with van der Waals surface area (Å²) < 4.78 is 16.3. The lowest BCUT2D eigenvalue weighted by molar-refractivity contribution is 0.0785. The molecule has 1 aliphatic rings. The van der Waals surface area contributed by atoms with Crippen molar-refractivity contribution >= 4 is 0 Å². The number of aryl methyl sites for hydroxylation is 1. The Morgan fingerprint density at radius 2 is 1.71 bits per heavy atom. The topological polar surface area (TPSA) is 97.5 Å². The van der Waals surface area contributed by atoms with Crippen LogP contribution in [0.1, 0.15) is 30.3 Å². The van der Waals surface area contributed by atoms with E-state index in [9.17, 15) is 0 Å². The number of aromatic nitrogens is 4. The van der Waals surface area contributed by atoms with Crippen molar-refractivity contribution in [1.82, 2.24) is 30.1 Å². The molecule has 160 valence electrons. The molecular weight excluding hydrogens is 396 g/mol. The minimum Gasteiger partial charge on any atom is -0.461 e. The minimum atomic E-state index is 0.0582. The molecule has 0 spiro atoms. The number of benzene rings is 1. The smallest absolute Gasteiger partial charge is 0.244 e. The molecule has 31 heavy (non-hydrogen) atoms. The molecule has 0 saturated carbocycles. The predicted molar refractivity (Wildman–Crippen MR) is 112 cm³/mol. The van der Waals surface area contributed by atoms with Crippen LogP contribution >= 0.6 is 0 Å². The van der Waals surface area contributed by atoms with E-state index in [4.69, 9.17) is 13.5 Å². The fraction of sp³-hybridized carbons (Fsp3) is 0.364. The second kappa shape index (κ2) is 8.44. The number of piperazine rings is 1. The first-order chi connectivity index (χ1) is 15.2. The van der Waals surface area contributed by atoms with Gasteiger partial charge >= 0.3 is 0 Å². The average Bonchev–Trinajstić information content (AvgIpc) is 3.56. The van der Waals surface area contributed by atoms with E-state index in [1.807, 2.05) is 18.2 Å². The van der Waals surface area contributed by atoms with E-state index in [-0.39, 0.29) is 6.04 Å². The Balaban J connectivity index is 1.16. The van der Waals surface area contributed by atoms with Crippen LogP contribution in [0.5, 0.6) is 0 Å². The molecule has 1 fully saturated rings. The maximum atomic E-state index is 5.57. The number of nitrogens with zero attached hydrogens (tertiary/aromatic N) is 6. The summed E-state index contributed by atoms with van der Waals surface area (Å²) in [7, 11) is 0. The molecule has 1 saturated heterocycles. The lowest BCUT2D eigenvalue weighted by Crippen LogP contribution is -2.46. The van der Waals surface area contributed by atoms with Gasteiger partial charge in [0.05, 0.1) is 18.8 Å². The zero-order valence-electron chi connectivity index (χ0n) is 17.6. The van der Waals surface area contributed by atoms with Crippen LogP contribution in [0.15, 0.2) is 56.1 Å². The molecule has 4 heterocycles. The Labute approximate surface area is 179 Å². The molecule has 0 unspecified atom stereocenters. The normalized spacial score (nSPS) is 16.6. The average molecular weight is 420 g/mol. The first-order valence-electron chi connectivity index (χ1n) is 10.4. The van der Waals surface area contributed by atoms with E-state index in [1.165, 1.54) is 5.56 Å². The fourth-order valence-electron chi connectivity index (χ4n) is 3.71. The molecule has 9 nitrogen and oxygen atoms in total. The van der Waals surface area contributed by atoms with Gasteiger partial charge in [0.25, 0.3) is 0 Å². The van der Waals surface area contributed by atoms with Crippen LogP contribution in [0, 0.1) is 6.92 Å². The summed E-state index contributed by atoms with van der Waals surface area (Å²) >= 11 is 0. The molecule has 0 radical (unpaired) electrons. The van der Waals surface area contributed by atoms with E-state index in [0.717, 1.165) is 31.7 Å². The largest absolute Gasteiger partial charge is 0.461 e. The van der Waals surface area contributed by atoms with Crippen LogP contribution in [-0.4, -0.2) is 56.3 Å². The molecule has 4 aromatic rings. The molecule has 9 heteroatoms. The summed E-state index contributed by atoms with van der Waals surface area (Å²) in [5.41, 5.74) is 2.17. The van der Waals surface area contributed by atoms with Gasteiger partial charge in [0.2, 0.25) is 23.4 Å². The Kier molecular flexibility index (Phi) is 5.35. The van der Waals surface area contributed by atoms with Crippen molar-refractivity contribution in [1.29, 1.82) is 0 Å². The van der Waals surface area contributed by atoms with E-state index in [0.29, 0.717) is 35.7 Å². The van der Waals surface area contributed by atoms with E-state index in [2.05, 4.69) is 56.1 Å². The minimum absolute atomic E-state index is 0.0582. The first kappa shape index (κ1) is 19.7. The Bertz CT molecular complexity index is 1110. The van der Waals surface area contributed by atoms with Gasteiger partial charge in [0.1, 0.15) is 0 Å². The van der Waals surface area contributed by atoms with E-state index >= 15 is 0 Å². The van der Waals surface area contributed by atoms with E-state index < -0.39 is 0 Å². The van der Waals surface area contributed by atoms with Gasteiger partial charge in [-0.2, -0.15) is 9.97 Å². The van der Waals surface area contributed by atoms with Crippen molar-refractivity contribution in [2.24, 2.45) is 0 Å². The van der Waals surface area contributed by atoms with Crippen molar-refractivity contribution in [2.45, 2.75) is 26.4 Å². The third-order valence-electron chi connectivity index (χ3n) is 5.63. The van der Waals surface area contributed by atoms with Crippen LogP contribution in [0.25, 0.3) is 23.0 Å². The van der Waals surface area contributed by atoms with Crippen LogP contribution in [0.4, 0.5) is 0 Å². The van der Waals surface area contributed by atoms with Crippen molar-refractivity contribution in [3.8, 4) is 23.0 Å². The third kappa shape index (κ3) is 4.28. The van der Waals surface area contributed by atoms with E-state index in [1.54, 1.807) is 12.3 Å². The number of rotatable bonds is 6. The van der Waals surface area contributed by atoms with Gasteiger partial charge in [-0.05, 0) is 26.0 Å². The summed E-state index contributed by atoms with van der Waals surface area (Å²) in [6.07, 6.45) is 1.60. The van der Waals surface area contributed by atoms with Crippen LogP contribution < -0.4 is 0 Å². The van der Waals surface area contributed by atoms with Crippen molar-refractivity contribution < 1.29 is 13.5 Å². The van der Waals surface area contributed by atoms with Crippen molar-refractivity contribution in [3.63, 3.8) is 0 Å². The maximum absolute atomic E-state index is 5.57. The van der Waals surface area contributed by atoms with Crippen LogP contribution in [0.2, 0.25) is 0 Å². The van der Waals surface area contributed by atoms with Crippen molar-refractivity contribution in [2.75, 3.05) is 26.2 Å². The summed E-state index contributed by atoms with van der Waals surface area (Å²) in [6.45, 7) is 8.35. The summed E-state index contributed by atoms with van der Waals surface area (Å²) in [4.78, 5) is 13.7. The Morgan fingerprint density at radius 3 is 2.45 bits per heavy atom. The van der Waals surface area contributed by atoms with Crippen molar-refractivity contribution in [3.05, 3.63) is 60.0 Å². The fourth-order valence-corrected chi connectivity index (χ4v) is 3.71. The highest BCUT2D eigenvalue weighted by Crippen LogP contribution is 2.24. The molecule has 0 aliphatic carbocycles. The number of hydrogen-bond acceptors (Lipinski definition) is 9. The van der Waals surface area contributed by atoms with Gasteiger partial charge in [-0.1, -0.05) is 40.1 Å². The molecule has 0 N–H and O–H groups in total. The zero-order chi connectivity index (χ0) is 21.2. The van der Waals surface area contributed by atoms with Crippen LogP contribution in [0.3, 0.4) is 0 Å². The second-order valence-corrected chi connectivity index (χ2v) is 7.80. The summed E-state index contributed by atoms with van der Waals surface area (Å²) in [5, 5.41) is 8.16. The Hall–Kier alpha value is -3.30. The molecule has 0 bridgehead atoms. The lowest BCUT2D eigenvalue weighted by Gasteiger charge is -2.36. The SMILES string of the molecule is Cc1ccc(-c2noc([C@@H](C)N3CCN(Cc4nc(-c5ccco5)no4)CC3)n2)cc1. The van der Waals surface area contributed by atoms with Gasteiger partial charge < -0.3 is 13.5 Å². The quantitative estimate of drug-likeness (QED) is 0.464. The third-order valence-corrected chi connectivity index (χ3v) is 5.63. The molecule has 1 aliphatic heterocycles. The molecule has 0 amide bonds. The zero-order valence-corrected chi connectivity index (χ0v) is 17.6. The lowest BCUT2D eigenvalue weighted by atomic mass is 10.1. The van der Waals surface area contributed by atoms with Gasteiger partial charge in [-0.3, -0.25) is 9.80 Å². The van der Waals surface area contributed by atoms with Gasteiger partial charge in [0, 0.05) is 31.7 Å². The molecule has 3 aromatic heterocycles. The van der Waals surface area contributed by atoms with Crippen LogP contribution in [-0.2, 0) is 6.54 Å².